The molecule has 0 fully saturated rings. The van der Waals surface area contributed by atoms with E-state index in [4.69, 9.17) is 11.6 Å². The second-order valence-corrected chi connectivity index (χ2v) is 4.65. The molecule has 2 aromatic heterocycles. The molecule has 0 saturated carbocycles. The molecule has 0 aliphatic carbocycles. The Labute approximate surface area is 112 Å². The van der Waals surface area contributed by atoms with Crippen molar-refractivity contribution >= 4 is 27.5 Å². The second-order valence-electron chi connectivity index (χ2n) is 3.45. The SMILES string of the molecule is CNCc1nc(C)nn1-c1nccc(Cl)c1Br. The van der Waals surface area contributed by atoms with Gasteiger partial charge >= 0.3 is 0 Å². The number of hydrogen-bond acceptors (Lipinski definition) is 4. The van der Waals surface area contributed by atoms with Crippen molar-refractivity contribution < 1.29 is 0 Å². The Kier molecular flexibility index (Phi) is 3.76. The molecule has 0 bridgehead atoms. The van der Waals surface area contributed by atoms with Gasteiger partial charge in [0.15, 0.2) is 5.82 Å². The summed E-state index contributed by atoms with van der Waals surface area (Å²) in [5.41, 5.74) is 0. The van der Waals surface area contributed by atoms with Crippen LogP contribution in [0.5, 0.6) is 0 Å². The van der Waals surface area contributed by atoms with Crippen LogP contribution < -0.4 is 5.32 Å². The minimum Gasteiger partial charge on any atom is -0.313 e. The summed E-state index contributed by atoms with van der Waals surface area (Å²) >= 11 is 9.44. The lowest BCUT2D eigenvalue weighted by atomic mass is 10.4. The van der Waals surface area contributed by atoms with Gasteiger partial charge in [-0.2, -0.15) is 4.68 Å². The van der Waals surface area contributed by atoms with Crippen molar-refractivity contribution in [2.75, 3.05) is 7.05 Å². The van der Waals surface area contributed by atoms with E-state index in [-0.39, 0.29) is 0 Å². The molecular formula is C10H11BrClN5. The second kappa shape index (κ2) is 5.12. The molecule has 7 heteroatoms. The fourth-order valence-corrected chi connectivity index (χ4v) is 2.00. The van der Waals surface area contributed by atoms with Crippen LogP contribution in [0.2, 0.25) is 5.02 Å². The van der Waals surface area contributed by atoms with Crippen LogP contribution in [0.4, 0.5) is 0 Å². The van der Waals surface area contributed by atoms with Crippen LogP contribution in [0.1, 0.15) is 11.6 Å². The minimum atomic E-state index is 0.596. The average Bonchev–Trinajstić information content (AvgIpc) is 2.64. The number of nitrogens with one attached hydrogen (secondary N) is 1. The molecule has 5 nitrogen and oxygen atoms in total. The molecule has 0 saturated heterocycles. The van der Waals surface area contributed by atoms with Crippen molar-refractivity contribution in [1.29, 1.82) is 0 Å². The molecule has 17 heavy (non-hydrogen) atoms. The molecule has 2 rings (SSSR count). The van der Waals surface area contributed by atoms with Gasteiger partial charge in [-0.1, -0.05) is 11.6 Å². The molecule has 1 N–H and O–H groups in total. The summed E-state index contributed by atoms with van der Waals surface area (Å²) in [7, 11) is 1.86. The van der Waals surface area contributed by atoms with Gasteiger partial charge in [0, 0.05) is 6.20 Å². The van der Waals surface area contributed by atoms with Crippen LogP contribution in [-0.2, 0) is 6.54 Å². The summed E-state index contributed by atoms with van der Waals surface area (Å²) < 4.78 is 2.39. The Morgan fingerprint density at radius 3 is 3.00 bits per heavy atom. The van der Waals surface area contributed by atoms with Crippen molar-refractivity contribution in [2.45, 2.75) is 13.5 Å². The Bertz CT molecular complexity index is 539. The lowest BCUT2D eigenvalue weighted by molar-refractivity contribution is 0.700. The van der Waals surface area contributed by atoms with E-state index in [9.17, 15) is 0 Å². The van der Waals surface area contributed by atoms with Gasteiger partial charge in [0.05, 0.1) is 16.0 Å². The number of nitrogens with zero attached hydrogens (tertiary/aromatic N) is 4. The van der Waals surface area contributed by atoms with E-state index in [0.717, 1.165) is 5.82 Å². The largest absolute Gasteiger partial charge is 0.313 e. The zero-order chi connectivity index (χ0) is 12.4. The van der Waals surface area contributed by atoms with Crippen LogP contribution in [0.25, 0.3) is 5.82 Å². The molecule has 0 amide bonds. The highest BCUT2D eigenvalue weighted by Gasteiger charge is 2.14. The third-order valence-corrected chi connectivity index (χ3v) is 3.46. The van der Waals surface area contributed by atoms with E-state index < -0.39 is 0 Å². The van der Waals surface area contributed by atoms with Crippen molar-refractivity contribution in [1.82, 2.24) is 25.1 Å². The summed E-state index contributed by atoms with van der Waals surface area (Å²) in [6, 6.07) is 1.72. The van der Waals surface area contributed by atoms with Gasteiger partial charge in [0.1, 0.15) is 11.6 Å². The van der Waals surface area contributed by atoms with E-state index in [1.165, 1.54) is 0 Å². The molecule has 2 heterocycles. The van der Waals surface area contributed by atoms with E-state index in [2.05, 4.69) is 36.3 Å². The van der Waals surface area contributed by atoms with Crippen LogP contribution in [-0.4, -0.2) is 26.8 Å². The predicted molar refractivity (Wildman–Crippen MR) is 69.4 cm³/mol. The van der Waals surface area contributed by atoms with E-state index in [1.54, 1.807) is 16.9 Å². The van der Waals surface area contributed by atoms with Crippen LogP contribution in [0.15, 0.2) is 16.7 Å². The maximum Gasteiger partial charge on any atom is 0.171 e. The van der Waals surface area contributed by atoms with Gasteiger partial charge in [-0.25, -0.2) is 9.97 Å². The van der Waals surface area contributed by atoms with Gasteiger partial charge in [-0.15, -0.1) is 5.10 Å². The molecule has 0 spiro atoms. The normalized spacial score (nSPS) is 10.8. The monoisotopic (exact) mass is 315 g/mol. The Balaban J connectivity index is 2.55. The van der Waals surface area contributed by atoms with E-state index in [1.807, 2.05) is 14.0 Å². The highest BCUT2D eigenvalue weighted by atomic mass is 79.9. The zero-order valence-electron chi connectivity index (χ0n) is 9.41. The molecule has 90 valence electrons. The number of rotatable bonds is 3. The third-order valence-electron chi connectivity index (χ3n) is 2.14. The topological polar surface area (TPSA) is 55.6 Å². The first-order valence-electron chi connectivity index (χ1n) is 5.01. The van der Waals surface area contributed by atoms with Gasteiger partial charge in [0.2, 0.25) is 0 Å². The first-order valence-corrected chi connectivity index (χ1v) is 6.18. The highest BCUT2D eigenvalue weighted by molar-refractivity contribution is 9.10. The molecule has 0 unspecified atom stereocenters. The van der Waals surface area contributed by atoms with Gasteiger partial charge < -0.3 is 5.32 Å². The summed E-state index contributed by atoms with van der Waals surface area (Å²) in [6.45, 7) is 2.45. The fraction of sp³-hybridized carbons (Fsp3) is 0.300. The lowest BCUT2D eigenvalue weighted by Gasteiger charge is -2.07. The molecule has 0 aliphatic rings. The fourth-order valence-electron chi connectivity index (χ4n) is 1.46. The number of pyridine rings is 1. The maximum absolute atomic E-state index is 6.04. The molecule has 0 atom stereocenters. The van der Waals surface area contributed by atoms with Crippen molar-refractivity contribution in [3.05, 3.63) is 33.4 Å². The molecule has 0 aliphatic heterocycles. The predicted octanol–water partition coefficient (Wildman–Crippen LogP) is 2.11. The molecular weight excluding hydrogens is 306 g/mol. The van der Waals surface area contributed by atoms with Crippen LogP contribution in [0.3, 0.4) is 0 Å². The van der Waals surface area contributed by atoms with Crippen molar-refractivity contribution in [2.24, 2.45) is 0 Å². The average molecular weight is 317 g/mol. The summed E-state index contributed by atoms with van der Waals surface area (Å²) in [5.74, 6) is 2.13. The van der Waals surface area contributed by atoms with Crippen LogP contribution in [0, 0.1) is 6.92 Å². The van der Waals surface area contributed by atoms with Gasteiger partial charge in [0.25, 0.3) is 0 Å². The summed E-state index contributed by atoms with van der Waals surface area (Å²) in [5, 5.41) is 7.95. The number of aromatic nitrogens is 4. The van der Waals surface area contributed by atoms with Gasteiger partial charge in [-0.3, -0.25) is 0 Å². The minimum absolute atomic E-state index is 0.596. The molecule has 0 aromatic carbocycles. The Morgan fingerprint density at radius 1 is 1.53 bits per heavy atom. The first-order chi connectivity index (χ1) is 8.13. The highest BCUT2D eigenvalue weighted by Crippen LogP contribution is 2.27. The smallest absolute Gasteiger partial charge is 0.171 e. The maximum atomic E-state index is 6.04. The summed E-state index contributed by atoms with van der Waals surface area (Å²) in [4.78, 5) is 8.60. The zero-order valence-corrected chi connectivity index (χ0v) is 11.7. The number of hydrogen-bond donors (Lipinski definition) is 1. The van der Waals surface area contributed by atoms with Gasteiger partial charge in [-0.05, 0) is 36.0 Å². The van der Waals surface area contributed by atoms with Crippen molar-refractivity contribution in [3.8, 4) is 5.82 Å². The van der Waals surface area contributed by atoms with Crippen molar-refractivity contribution in [3.63, 3.8) is 0 Å². The first kappa shape index (κ1) is 12.5. The molecule has 0 radical (unpaired) electrons. The van der Waals surface area contributed by atoms with E-state index >= 15 is 0 Å². The number of aryl methyl sites for hydroxylation is 1. The summed E-state index contributed by atoms with van der Waals surface area (Å²) in [6.07, 6.45) is 1.64. The number of halogens is 2. The molecule has 2 aromatic rings. The van der Waals surface area contributed by atoms with Crippen LogP contribution >= 0.6 is 27.5 Å². The Morgan fingerprint density at radius 2 is 2.29 bits per heavy atom. The lowest BCUT2D eigenvalue weighted by Crippen LogP contribution is -2.13. The standard InChI is InChI=1S/C10H11BrClN5/c1-6-15-8(5-13-2)17(16-6)10-9(11)7(12)3-4-14-10/h3-4,13H,5H2,1-2H3. The quantitative estimate of drug-likeness (QED) is 0.942. The third kappa shape index (κ3) is 2.48. The van der Waals surface area contributed by atoms with E-state index in [0.29, 0.717) is 27.7 Å². The Hall–Kier alpha value is -0.980.